The fourth-order valence-corrected chi connectivity index (χ4v) is 7.45. The van der Waals surface area contributed by atoms with E-state index in [0.29, 0.717) is 31.4 Å². The van der Waals surface area contributed by atoms with E-state index < -0.39 is 33.2 Å². The molecule has 5 heterocycles. The number of piperidine rings is 1. The van der Waals surface area contributed by atoms with Gasteiger partial charge in [0.1, 0.15) is 17.1 Å². The van der Waals surface area contributed by atoms with Gasteiger partial charge in [-0.15, -0.1) is 0 Å². The van der Waals surface area contributed by atoms with Crippen molar-refractivity contribution >= 4 is 33.6 Å². The van der Waals surface area contributed by atoms with Gasteiger partial charge in [-0.05, 0) is 86.9 Å². The number of sulfonamides is 1. The van der Waals surface area contributed by atoms with Crippen LogP contribution in [0.3, 0.4) is 0 Å². The first-order chi connectivity index (χ1) is 22.2. The van der Waals surface area contributed by atoms with Crippen LogP contribution in [0, 0.1) is 6.92 Å². The number of amides is 3. The average Bonchev–Trinajstić information content (AvgIpc) is 3.33. The topological polar surface area (TPSA) is 137 Å². The Balaban J connectivity index is 1.39. The number of nitrogens with one attached hydrogen (secondary N) is 2. The number of fused-ring (bicyclic) bond motifs is 2. The highest BCUT2D eigenvalue weighted by atomic mass is 32.2. The lowest BCUT2D eigenvalue weighted by molar-refractivity contribution is -0.137. The molecule has 2 aromatic carbocycles. The Morgan fingerprint density at radius 3 is 2.43 bits per heavy atom. The number of alkyl halides is 3. The molecule has 11 nitrogen and oxygen atoms in total. The van der Waals surface area contributed by atoms with Crippen LogP contribution in [0.15, 0.2) is 41.4 Å². The number of carbonyl (C=O) groups is 3. The number of rotatable bonds is 0. The maximum atomic E-state index is 13.8. The molecular weight excluding hydrogens is 639 g/mol. The van der Waals surface area contributed by atoms with Crippen molar-refractivity contribution in [3.8, 4) is 5.75 Å². The lowest BCUT2D eigenvalue weighted by Gasteiger charge is -2.34. The number of aliphatic imine (C=N–C) groups is 1. The van der Waals surface area contributed by atoms with Crippen LogP contribution in [-0.2, 0) is 32.2 Å². The third-order valence-electron chi connectivity index (χ3n) is 8.79. The molecule has 0 aliphatic carbocycles. The fraction of sp³-hybridized carbons (Fsp3) is 0.500. The minimum absolute atomic E-state index is 0.0154. The average molecular weight is 678 g/mol. The minimum atomic E-state index is -4.68. The molecule has 2 N–H and O–H groups in total. The van der Waals surface area contributed by atoms with Crippen LogP contribution in [0.25, 0.3) is 0 Å². The van der Waals surface area contributed by atoms with Gasteiger partial charge in [-0.1, -0.05) is 6.07 Å². The largest absolute Gasteiger partial charge is 0.494 e. The Bertz CT molecular complexity index is 1690. The highest BCUT2D eigenvalue weighted by Crippen LogP contribution is 2.36. The number of nitrogens with zero attached hydrogens (tertiary/aromatic N) is 3. The van der Waals surface area contributed by atoms with Gasteiger partial charge in [0.25, 0.3) is 11.8 Å². The summed E-state index contributed by atoms with van der Waals surface area (Å²) in [6.45, 7) is 2.16. The van der Waals surface area contributed by atoms with Gasteiger partial charge < -0.3 is 20.3 Å². The van der Waals surface area contributed by atoms with E-state index in [0.717, 1.165) is 23.3 Å². The number of aryl methyl sites for hydroxylation is 2. The van der Waals surface area contributed by atoms with Gasteiger partial charge in [0.2, 0.25) is 15.9 Å². The number of likely N-dealkylation sites (N-methyl/N-ethyl adjacent to an activating group) is 1. The maximum absolute atomic E-state index is 13.8. The zero-order valence-electron chi connectivity index (χ0n) is 26.3. The summed E-state index contributed by atoms with van der Waals surface area (Å²) >= 11 is 0. The summed E-state index contributed by atoms with van der Waals surface area (Å²) in [6, 6.07) is 8.21. The predicted molar refractivity (Wildman–Crippen MR) is 168 cm³/mol. The van der Waals surface area contributed by atoms with E-state index >= 15 is 0 Å². The summed E-state index contributed by atoms with van der Waals surface area (Å²) in [7, 11) is -2.20. The fourth-order valence-electron chi connectivity index (χ4n) is 5.97. The molecule has 0 atom stereocenters. The van der Waals surface area contributed by atoms with Crippen LogP contribution >= 0.6 is 0 Å². The van der Waals surface area contributed by atoms with E-state index in [1.54, 1.807) is 25.1 Å². The molecule has 7 rings (SSSR count). The van der Waals surface area contributed by atoms with E-state index in [1.165, 1.54) is 22.3 Å². The molecule has 3 amide bonds. The minimum Gasteiger partial charge on any atom is -0.494 e. The summed E-state index contributed by atoms with van der Waals surface area (Å²) in [6.07, 6.45) is -2.59. The third-order valence-corrected chi connectivity index (χ3v) is 10.7. The second kappa shape index (κ2) is 13.6. The Morgan fingerprint density at radius 1 is 0.979 bits per heavy atom. The maximum Gasteiger partial charge on any atom is 0.416 e. The number of ether oxygens (including phenoxy) is 1. The van der Waals surface area contributed by atoms with Crippen molar-refractivity contribution in [2.24, 2.45) is 4.99 Å². The molecule has 1 spiro atoms. The van der Waals surface area contributed by atoms with Crippen molar-refractivity contribution in [3.05, 3.63) is 64.2 Å². The number of benzene rings is 2. The second-order valence-corrected chi connectivity index (χ2v) is 14.3. The van der Waals surface area contributed by atoms with Crippen molar-refractivity contribution in [2.75, 3.05) is 45.6 Å². The normalized spacial score (nSPS) is 24.6. The van der Waals surface area contributed by atoms with Gasteiger partial charge >= 0.3 is 6.18 Å². The van der Waals surface area contributed by atoms with Crippen molar-refractivity contribution in [2.45, 2.75) is 57.2 Å². The first kappa shape index (κ1) is 34.4. The Hall–Kier alpha value is -3.98. The Kier molecular flexibility index (Phi) is 9.96. The first-order valence-electron chi connectivity index (χ1n) is 15.5. The van der Waals surface area contributed by atoms with Gasteiger partial charge in [-0.2, -0.15) is 13.2 Å². The highest BCUT2D eigenvalue weighted by molar-refractivity contribution is 7.89. The molecule has 254 valence electrons. The molecule has 2 aromatic rings. The van der Waals surface area contributed by atoms with Gasteiger partial charge in [0.15, 0.2) is 0 Å². The van der Waals surface area contributed by atoms with Crippen LogP contribution < -0.4 is 15.4 Å². The molecule has 7 bridgehead atoms. The quantitative estimate of drug-likeness (QED) is 0.440. The number of hydrogen-bond donors (Lipinski definition) is 2. The summed E-state index contributed by atoms with van der Waals surface area (Å²) < 4.78 is 75.0. The zero-order chi connectivity index (χ0) is 34.0. The molecule has 0 radical (unpaired) electrons. The van der Waals surface area contributed by atoms with E-state index in [9.17, 15) is 36.0 Å². The van der Waals surface area contributed by atoms with E-state index in [2.05, 4.69) is 15.6 Å². The first-order valence-corrected chi connectivity index (χ1v) is 17.1. The lowest BCUT2D eigenvalue weighted by Crippen LogP contribution is -2.50. The second-order valence-electron chi connectivity index (χ2n) is 12.2. The van der Waals surface area contributed by atoms with Crippen LogP contribution in [0.1, 0.15) is 64.7 Å². The molecule has 47 heavy (non-hydrogen) atoms. The summed E-state index contributed by atoms with van der Waals surface area (Å²) in [5.74, 6) is -1.41. The molecule has 1 saturated heterocycles. The van der Waals surface area contributed by atoms with Gasteiger partial charge in [0, 0.05) is 37.8 Å². The highest BCUT2D eigenvalue weighted by Gasteiger charge is 2.47. The lowest BCUT2D eigenvalue weighted by atomic mass is 9.89. The number of carbonyl (C=O) groups excluding carboxylic acids is 3. The van der Waals surface area contributed by atoms with E-state index in [1.807, 2.05) is 0 Å². The predicted octanol–water partition coefficient (Wildman–Crippen LogP) is 3.05. The SMILES string of the molecule is Cc1cc2ccc1CCS(=O)(=O)N1CCC3(CC1)N=C(NC3=O)c1cc(cc(C(F)(F)F)c1)OCCCCCNC(=O)CN(C)C2=O. The molecule has 0 unspecified atom stereocenters. The standard InChI is InChI=1S/C32H38F3N5O6S/c1-21-16-23-7-6-22(21)8-15-47(44,45)40-12-9-31(10-13-40)30(43)37-28(38-31)24-17-25(32(33,34)35)19-26(18-24)46-14-5-3-4-11-36-27(41)20-39(2)29(23)42/h6-7,16-19H,3-5,8-15,20H2,1-2H3,(H,36,41)(H,37,38,43). The van der Waals surface area contributed by atoms with Gasteiger partial charge in [0.05, 0.1) is 24.5 Å². The van der Waals surface area contributed by atoms with E-state index in [-0.39, 0.29) is 80.2 Å². The smallest absolute Gasteiger partial charge is 0.416 e. The summed E-state index contributed by atoms with van der Waals surface area (Å²) in [5.41, 5.74) is -0.327. The zero-order valence-corrected chi connectivity index (χ0v) is 27.1. The monoisotopic (exact) mass is 677 g/mol. The molecule has 5 aliphatic heterocycles. The third kappa shape index (κ3) is 7.95. The van der Waals surface area contributed by atoms with Crippen LogP contribution in [-0.4, -0.2) is 92.3 Å². The molecule has 0 aromatic heterocycles. The van der Waals surface area contributed by atoms with Crippen LogP contribution in [0.2, 0.25) is 0 Å². The van der Waals surface area contributed by atoms with Gasteiger partial charge in [-0.3, -0.25) is 19.4 Å². The molecule has 5 aliphatic rings. The van der Waals surface area contributed by atoms with E-state index in [4.69, 9.17) is 4.74 Å². The summed E-state index contributed by atoms with van der Waals surface area (Å²) in [4.78, 5) is 44.4. The van der Waals surface area contributed by atoms with Gasteiger partial charge in [-0.25, -0.2) is 12.7 Å². The molecular formula is C32H38F3N5O6S. The van der Waals surface area contributed by atoms with Crippen molar-refractivity contribution < 1.29 is 40.7 Å². The number of hydrogen-bond acceptors (Lipinski definition) is 7. The Morgan fingerprint density at radius 2 is 1.72 bits per heavy atom. The van der Waals surface area contributed by atoms with Crippen molar-refractivity contribution in [1.82, 2.24) is 19.8 Å². The van der Waals surface area contributed by atoms with Crippen LogP contribution in [0.4, 0.5) is 13.2 Å². The Labute approximate surface area is 271 Å². The number of amidine groups is 1. The van der Waals surface area contributed by atoms with Crippen molar-refractivity contribution in [3.63, 3.8) is 0 Å². The summed E-state index contributed by atoms with van der Waals surface area (Å²) in [5, 5.41) is 5.39. The van der Waals surface area contributed by atoms with Crippen LogP contribution in [0.5, 0.6) is 5.75 Å². The number of halogens is 3. The molecule has 1 fully saturated rings. The van der Waals surface area contributed by atoms with Crippen molar-refractivity contribution in [1.29, 1.82) is 0 Å². The molecule has 0 saturated carbocycles. The molecule has 15 heteroatoms.